The molecule has 84 heavy (non-hydrogen) atoms. The number of aromatic nitrogens is 1. The smallest absolute Gasteiger partial charge is 0.408 e. The molecule has 1 fully saturated rings. The average Bonchev–Trinajstić information content (AvgIpc) is 4.29. The summed E-state index contributed by atoms with van der Waals surface area (Å²) in [5, 5.41) is 42.5. The lowest BCUT2D eigenvalue weighted by atomic mass is 10.0. The number of likely N-dealkylation sites (N-methyl/N-ethyl adjacent to an activating group) is 1. The summed E-state index contributed by atoms with van der Waals surface area (Å²) in [6.07, 6.45) is 2.15. The van der Waals surface area contributed by atoms with E-state index in [-0.39, 0.29) is 100 Å². The first kappa shape index (κ1) is 68.1. The van der Waals surface area contributed by atoms with Gasteiger partial charge in [-0.3, -0.25) is 43.3 Å². The molecule has 0 spiro atoms. The molecule has 4 aromatic rings. The van der Waals surface area contributed by atoms with Crippen molar-refractivity contribution >= 4 is 82.6 Å². The number of guanidine groups is 1. The Morgan fingerprint density at radius 3 is 1.90 bits per heavy atom. The average molecular weight is 1190 g/mol. The molecular weight excluding hydrogens is 1110 g/mol. The minimum Gasteiger partial charge on any atom is -0.508 e. The summed E-state index contributed by atoms with van der Waals surface area (Å²) in [5.41, 5.74) is 13.6. The van der Waals surface area contributed by atoms with Crippen LogP contribution in [-0.4, -0.2) is 154 Å². The molecule has 1 aliphatic rings. The molecule has 0 radical (unpaired) electrons. The minimum atomic E-state index is -1.71. The maximum Gasteiger partial charge on any atom is 0.408 e. The highest BCUT2D eigenvalue weighted by Crippen LogP contribution is 2.22. The van der Waals surface area contributed by atoms with Gasteiger partial charge in [-0.1, -0.05) is 88.4 Å². The molecule has 26 heteroatoms. The van der Waals surface area contributed by atoms with Gasteiger partial charge in [0.25, 0.3) is 0 Å². The van der Waals surface area contributed by atoms with Gasteiger partial charge in [-0.05, 0) is 92.2 Å². The van der Waals surface area contributed by atoms with Crippen molar-refractivity contribution in [1.29, 1.82) is 0 Å². The van der Waals surface area contributed by atoms with Crippen LogP contribution in [0.3, 0.4) is 0 Å². The van der Waals surface area contributed by atoms with Gasteiger partial charge in [-0.15, -0.1) is 12.4 Å². The number of alkyl carbamates (subject to hydrolysis) is 1. The molecule has 458 valence electrons. The summed E-state index contributed by atoms with van der Waals surface area (Å²) in [4.78, 5) is 133. The summed E-state index contributed by atoms with van der Waals surface area (Å²) < 4.78 is 5.40. The second-order valence-corrected chi connectivity index (χ2v) is 21.3. The first-order valence-electron chi connectivity index (χ1n) is 28.0. The van der Waals surface area contributed by atoms with E-state index in [9.17, 15) is 53.4 Å². The zero-order valence-corrected chi connectivity index (χ0v) is 48.9. The first-order chi connectivity index (χ1) is 39.6. The van der Waals surface area contributed by atoms with Crippen LogP contribution in [0.15, 0.2) is 90.1 Å². The summed E-state index contributed by atoms with van der Waals surface area (Å²) in [7, 11) is 0. The summed E-state index contributed by atoms with van der Waals surface area (Å²) in [6.45, 7) is 8.17. The molecule has 25 nitrogen and oxygen atoms in total. The van der Waals surface area contributed by atoms with Crippen LogP contribution in [0.4, 0.5) is 4.79 Å². The number of rotatable bonds is 31. The number of aromatic hydroxyl groups is 1. The molecule has 3 aromatic carbocycles. The number of likely N-dealkylation sites (tertiary alicyclic amines) is 1. The Morgan fingerprint density at radius 1 is 0.690 bits per heavy atom. The number of amides is 9. The largest absolute Gasteiger partial charge is 0.508 e. The van der Waals surface area contributed by atoms with Crippen LogP contribution in [-0.2, 0) is 62.5 Å². The Hall–Kier alpha value is -8.45. The lowest BCUT2D eigenvalue weighted by Crippen LogP contribution is -2.60. The van der Waals surface area contributed by atoms with Crippen molar-refractivity contribution < 1.29 is 58.1 Å². The van der Waals surface area contributed by atoms with Crippen molar-refractivity contribution in [2.75, 3.05) is 32.8 Å². The molecule has 1 aromatic heterocycles. The van der Waals surface area contributed by atoms with E-state index >= 15 is 0 Å². The van der Waals surface area contributed by atoms with Crippen molar-refractivity contribution in [3.8, 4) is 5.75 Å². The van der Waals surface area contributed by atoms with E-state index in [0.717, 1.165) is 16.5 Å². The van der Waals surface area contributed by atoms with Gasteiger partial charge in [0.2, 0.25) is 47.3 Å². The number of phenolic OH excluding ortho intramolecular Hbond substituents is 1. The zero-order chi connectivity index (χ0) is 60.6. The highest BCUT2D eigenvalue weighted by molar-refractivity contribution is 5.98. The van der Waals surface area contributed by atoms with E-state index in [0.29, 0.717) is 30.5 Å². The number of halogens is 1. The van der Waals surface area contributed by atoms with Crippen LogP contribution >= 0.6 is 12.4 Å². The number of ether oxygens (including phenoxy) is 1. The molecule has 1 aliphatic heterocycles. The van der Waals surface area contributed by atoms with E-state index < -0.39 is 103 Å². The van der Waals surface area contributed by atoms with Crippen LogP contribution < -0.4 is 54.0 Å². The van der Waals surface area contributed by atoms with Crippen molar-refractivity contribution in [3.05, 3.63) is 102 Å². The first-order valence-corrected chi connectivity index (χ1v) is 28.0. The number of para-hydroxylation sites is 1. The monoisotopic (exact) mass is 1190 g/mol. The number of aromatic amines is 1. The Labute approximate surface area is 494 Å². The van der Waals surface area contributed by atoms with Crippen molar-refractivity contribution in [2.45, 2.75) is 135 Å². The van der Waals surface area contributed by atoms with Crippen molar-refractivity contribution in [3.63, 3.8) is 0 Å². The molecule has 0 saturated carbocycles. The van der Waals surface area contributed by atoms with Gasteiger partial charge in [0.15, 0.2) is 5.96 Å². The Bertz CT molecular complexity index is 2870. The number of phenols is 1. The molecular formula is C58H82ClN13O12. The van der Waals surface area contributed by atoms with Gasteiger partial charge in [0.05, 0.1) is 13.2 Å². The standard InChI is InChI=1S/C58H81N13O12.ClH/c1-6-61-55(80)48-19-13-25-71(48)56(81)42(18-12-24-62-57(59)60)66-51(76)43(26-34(2)3)65-49(74)31-64-50(75)45(28-36-20-22-39(73)23-21-36)67-54(79)47(32-72)69-53(78)46(29-38-30-63-41-17-11-10-16-40(38)41)68-52(77)44(27-35(4)5)70-58(82)83-33-37-14-8-7-9-15-37;/h7-11,14-17,20-23,30,34-35,42-48,63,72-73H,6,12-13,18-19,24-29,31-33H2,1-5H3,(H,61,80)(H,64,75)(H,65,74)(H,66,76)(H,67,79)(H,68,77)(H,69,78)(H,70,82)(H4,59,60,62);1H/t42-,43-,44+,45-,46-,47-,48-;/m0./s1. The van der Waals surface area contributed by atoms with E-state index in [4.69, 9.17) is 16.2 Å². The predicted molar refractivity (Wildman–Crippen MR) is 317 cm³/mol. The Balaban J connectivity index is 0.0000151. The SMILES string of the molecule is CCNC(=O)[C@@H]1CCCN1C(=O)[C@H](CCCN=C(N)N)NC(=O)[C@H](CC(C)C)NC(=O)CNC(=O)[C@H](Cc1ccc(O)cc1)NC(=O)[C@H](CO)NC(=O)[C@H](Cc1c[nH]c2ccccc12)NC(=O)[C@@H](CC(C)C)NC(=O)OCc1ccccc1.Cl. The van der Waals surface area contributed by atoms with E-state index in [1.165, 1.54) is 29.2 Å². The number of nitrogens with zero attached hydrogens (tertiary/aromatic N) is 2. The number of aliphatic hydroxyl groups is 1. The van der Waals surface area contributed by atoms with Gasteiger partial charge in [-0.2, -0.15) is 0 Å². The second-order valence-electron chi connectivity index (χ2n) is 21.3. The molecule has 5 rings (SSSR count). The van der Waals surface area contributed by atoms with Gasteiger partial charge < -0.3 is 78.8 Å². The third kappa shape index (κ3) is 21.7. The number of nitrogens with two attached hydrogens (primary N) is 2. The molecule has 0 aliphatic carbocycles. The normalized spacial score (nSPS) is 15.0. The summed E-state index contributed by atoms with van der Waals surface area (Å²) in [5.74, 6) is -6.33. The van der Waals surface area contributed by atoms with E-state index in [1.807, 2.05) is 52.0 Å². The number of aliphatic hydroxyl groups excluding tert-OH is 1. The van der Waals surface area contributed by atoms with Gasteiger partial charge in [0, 0.05) is 49.6 Å². The third-order valence-corrected chi connectivity index (χ3v) is 13.6. The fourth-order valence-electron chi connectivity index (χ4n) is 9.50. The number of hydrogen-bond acceptors (Lipinski definition) is 13. The topological polar surface area (TPSA) is 383 Å². The maximum atomic E-state index is 14.4. The lowest BCUT2D eigenvalue weighted by Gasteiger charge is -2.30. The van der Waals surface area contributed by atoms with Crippen LogP contribution in [0.2, 0.25) is 0 Å². The quantitative estimate of drug-likeness (QED) is 0.0191. The number of nitrogens with one attached hydrogen (secondary N) is 9. The lowest BCUT2D eigenvalue weighted by molar-refractivity contribution is -0.142. The highest BCUT2D eigenvalue weighted by atomic mass is 35.5. The number of carbonyl (C=O) groups excluding carboxylic acids is 9. The fourth-order valence-corrected chi connectivity index (χ4v) is 9.50. The van der Waals surface area contributed by atoms with E-state index in [2.05, 4.69) is 52.5 Å². The molecule has 0 unspecified atom stereocenters. The van der Waals surface area contributed by atoms with Gasteiger partial charge in [-0.25, -0.2) is 4.79 Å². The number of hydrogen-bond donors (Lipinski definition) is 13. The molecule has 15 N–H and O–H groups in total. The Morgan fingerprint density at radius 2 is 1.27 bits per heavy atom. The van der Waals surface area contributed by atoms with E-state index in [1.54, 1.807) is 43.5 Å². The van der Waals surface area contributed by atoms with Gasteiger partial charge >= 0.3 is 6.09 Å². The molecule has 0 bridgehead atoms. The van der Waals surface area contributed by atoms with Crippen LogP contribution in [0.25, 0.3) is 10.9 Å². The minimum absolute atomic E-state index is 0. The van der Waals surface area contributed by atoms with Crippen molar-refractivity contribution in [1.82, 2.24) is 52.4 Å². The number of aliphatic imine (C=N–C) groups is 1. The van der Waals surface area contributed by atoms with Gasteiger partial charge in [0.1, 0.15) is 54.6 Å². The highest BCUT2D eigenvalue weighted by Gasteiger charge is 2.39. The number of fused-ring (bicyclic) bond motifs is 1. The summed E-state index contributed by atoms with van der Waals surface area (Å²) in [6, 6.07) is 13.2. The van der Waals surface area contributed by atoms with Crippen LogP contribution in [0.5, 0.6) is 5.75 Å². The number of carbonyl (C=O) groups is 9. The van der Waals surface area contributed by atoms with Crippen LogP contribution in [0.1, 0.15) is 89.8 Å². The van der Waals surface area contributed by atoms with Crippen molar-refractivity contribution in [2.24, 2.45) is 28.3 Å². The molecule has 2 heterocycles. The summed E-state index contributed by atoms with van der Waals surface area (Å²) >= 11 is 0. The number of H-pyrrole nitrogens is 1. The fraction of sp³-hybridized carbons (Fsp3) is 0.483. The zero-order valence-electron chi connectivity index (χ0n) is 48.1. The molecule has 7 atom stereocenters. The second kappa shape index (κ2) is 34.2. The third-order valence-electron chi connectivity index (χ3n) is 13.6. The molecule has 1 saturated heterocycles. The predicted octanol–water partition coefficient (Wildman–Crippen LogP) is 1.18. The maximum absolute atomic E-state index is 14.4. The Kier molecular flexibility index (Phi) is 27.7. The number of benzene rings is 3. The van der Waals surface area contributed by atoms with Crippen LogP contribution in [0, 0.1) is 11.8 Å². The molecule has 9 amide bonds.